The molecule has 9 heteroatoms. The molecular formula is C15H20F3N5O. The lowest BCUT2D eigenvalue weighted by Crippen LogP contribution is -2.26. The highest BCUT2D eigenvalue weighted by molar-refractivity contribution is 5.75. The molecule has 0 saturated carbocycles. The third-order valence-electron chi connectivity index (χ3n) is 3.62. The number of aromatic nitrogens is 4. The van der Waals surface area contributed by atoms with Gasteiger partial charge in [0.2, 0.25) is 5.91 Å². The van der Waals surface area contributed by atoms with Crippen molar-refractivity contribution in [3.63, 3.8) is 0 Å². The summed E-state index contributed by atoms with van der Waals surface area (Å²) in [4.78, 5) is 11.8. The Balaban J connectivity index is 1.71. The summed E-state index contributed by atoms with van der Waals surface area (Å²) in [5, 5.41) is 10.4. The van der Waals surface area contributed by atoms with Crippen molar-refractivity contribution < 1.29 is 18.0 Å². The number of nitrogens with one attached hydrogen (secondary N) is 1. The number of amides is 1. The fraction of sp³-hybridized carbons (Fsp3) is 0.533. The van der Waals surface area contributed by atoms with E-state index < -0.39 is 11.9 Å². The van der Waals surface area contributed by atoms with Gasteiger partial charge in [-0.25, -0.2) is 0 Å². The van der Waals surface area contributed by atoms with E-state index in [9.17, 15) is 18.0 Å². The zero-order valence-corrected chi connectivity index (χ0v) is 13.6. The van der Waals surface area contributed by atoms with Gasteiger partial charge < -0.3 is 5.32 Å². The van der Waals surface area contributed by atoms with Gasteiger partial charge >= 0.3 is 6.18 Å². The predicted octanol–water partition coefficient (Wildman–Crippen LogP) is 2.31. The van der Waals surface area contributed by atoms with Gasteiger partial charge in [-0.05, 0) is 32.4 Å². The number of rotatable bonds is 7. The number of alkyl halides is 3. The summed E-state index contributed by atoms with van der Waals surface area (Å²) >= 11 is 0. The highest BCUT2D eigenvalue weighted by Crippen LogP contribution is 2.28. The molecule has 1 N–H and O–H groups in total. The summed E-state index contributed by atoms with van der Waals surface area (Å²) in [7, 11) is 0. The van der Waals surface area contributed by atoms with Gasteiger partial charge in [-0.2, -0.15) is 23.4 Å². The van der Waals surface area contributed by atoms with Crippen LogP contribution in [0.5, 0.6) is 0 Å². The lowest BCUT2D eigenvalue weighted by molar-refractivity contribution is -0.141. The third kappa shape index (κ3) is 4.84. The van der Waals surface area contributed by atoms with Crippen molar-refractivity contribution >= 4 is 5.91 Å². The van der Waals surface area contributed by atoms with Crippen molar-refractivity contribution in [1.29, 1.82) is 0 Å². The summed E-state index contributed by atoms with van der Waals surface area (Å²) < 4.78 is 40.8. The molecule has 0 radical (unpaired) electrons. The summed E-state index contributed by atoms with van der Waals surface area (Å²) in [5.74, 6) is -0.212. The Morgan fingerprint density at radius 1 is 1.21 bits per heavy atom. The number of hydrogen-bond acceptors (Lipinski definition) is 3. The van der Waals surface area contributed by atoms with Crippen molar-refractivity contribution in [1.82, 2.24) is 24.9 Å². The molecule has 0 atom stereocenters. The van der Waals surface area contributed by atoms with Gasteiger partial charge in [0.15, 0.2) is 5.69 Å². The van der Waals surface area contributed by atoms with E-state index >= 15 is 0 Å². The quantitative estimate of drug-likeness (QED) is 0.785. The zero-order chi connectivity index (χ0) is 17.7. The maximum absolute atomic E-state index is 12.6. The van der Waals surface area contributed by atoms with Crippen LogP contribution >= 0.6 is 0 Å². The molecule has 2 aromatic rings. The van der Waals surface area contributed by atoms with Gasteiger partial charge in [0.05, 0.1) is 0 Å². The van der Waals surface area contributed by atoms with Crippen LogP contribution in [-0.2, 0) is 24.1 Å². The van der Waals surface area contributed by atoms with E-state index in [1.165, 1.54) is 11.6 Å². The minimum Gasteiger partial charge on any atom is -0.356 e. The molecule has 0 unspecified atom stereocenters. The molecule has 0 fully saturated rings. The normalized spacial score (nSPS) is 11.7. The predicted molar refractivity (Wildman–Crippen MR) is 81.2 cm³/mol. The molecule has 2 rings (SSSR count). The minimum absolute atomic E-state index is 0.0839. The Labute approximate surface area is 137 Å². The van der Waals surface area contributed by atoms with E-state index in [4.69, 9.17) is 0 Å². The van der Waals surface area contributed by atoms with Gasteiger partial charge in [0, 0.05) is 43.6 Å². The van der Waals surface area contributed by atoms with E-state index in [0.717, 1.165) is 18.2 Å². The van der Waals surface area contributed by atoms with Crippen LogP contribution in [0.4, 0.5) is 13.2 Å². The molecule has 1 amide bonds. The standard InChI is InChI=1S/C15H20F3N5O/c1-11-4-7-20-22(11)8-3-6-19-14(24)5-9-23-12(2)10-13(21-23)15(16,17)18/h4,7,10H,3,5-6,8-9H2,1-2H3,(H,19,24). The molecule has 0 aliphatic heterocycles. The lowest BCUT2D eigenvalue weighted by atomic mass is 10.3. The zero-order valence-electron chi connectivity index (χ0n) is 13.6. The first-order valence-electron chi connectivity index (χ1n) is 7.64. The largest absolute Gasteiger partial charge is 0.435 e. The maximum atomic E-state index is 12.6. The van der Waals surface area contributed by atoms with E-state index in [2.05, 4.69) is 15.5 Å². The monoisotopic (exact) mass is 343 g/mol. The molecule has 2 heterocycles. The molecule has 0 aromatic carbocycles. The second-order valence-corrected chi connectivity index (χ2v) is 5.54. The topological polar surface area (TPSA) is 64.7 Å². The molecular weight excluding hydrogens is 323 g/mol. The molecule has 6 nitrogen and oxygen atoms in total. The van der Waals surface area contributed by atoms with Crippen LogP contribution in [-0.4, -0.2) is 32.0 Å². The van der Waals surface area contributed by atoms with E-state index in [1.54, 1.807) is 6.20 Å². The molecule has 0 aliphatic rings. The number of carbonyl (C=O) groups excluding carboxylic acids is 1. The fourth-order valence-electron chi connectivity index (χ4n) is 2.26. The fourth-order valence-corrected chi connectivity index (χ4v) is 2.26. The summed E-state index contributed by atoms with van der Waals surface area (Å²) in [6, 6.07) is 2.88. The SMILES string of the molecule is Cc1ccnn1CCCNC(=O)CCn1nc(C(F)(F)F)cc1C. The van der Waals surface area contributed by atoms with Crippen LogP contribution in [0, 0.1) is 13.8 Å². The Hall–Kier alpha value is -2.32. The highest BCUT2D eigenvalue weighted by Gasteiger charge is 2.34. The number of carbonyl (C=O) groups is 1. The number of halogens is 3. The van der Waals surface area contributed by atoms with E-state index in [1.807, 2.05) is 17.7 Å². The first kappa shape index (κ1) is 18.0. The van der Waals surface area contributed by atoms with Crippen LogP contribution in [0.15, 0.2) is 18.3 Å². The van der Waals surface area contributed by atoms with E-state index in [-0.39, 0.29) is 18.9 Å². The molecule has 24 heavy (non-hydrogen) atoms. The average molecular weight is 343 g/mol. The molecule has 0 bridgehead atoms. The van der Waals surface area contributed by atoms with Crippen LogP contribution in [0.1, 0.15) is 29.9 Å². The highest BCUT2D eigenvalue weighted by atomic mass is 19.4. The van der Waals surface area contributed by atoms with Crippen molar-refractivity contribution in [2.24, 2.45) is 0 Å². The summed E-state index contributed by atoms with van der Waals surface area (Å²) in [6.45, 7) is 4.79. The molecule has 0 saturated heterocycles. The Kier molecular flexibility index (Phi) is 5.63. The van der Waals surface area contributed by atoms with Gasteiger partial charge in [-0.3, -0.25) is 14.2 Å². The van der Waals surface area contributed by atoms with Gasteiger partial charge in [-0.1, -0.05) is 0 Å². The lowest BCUT2D eigenvalue weighted by Gasteiger charge is -2.08. The second-order valence-electron chi connectivity index (χ2n) is 5.54. The van der Waals surface area contributed by atoms with Crippen molar-refractivity contribution in [2.75, 3.05) is 6.54 Å². The van der Waals surface area contributed by atoms with Crippen LogP contribution in [0.3, 0.4) is 0 Å². The van der Waals surface area contributed by atoms with Gasteiger partial charge in [-0.15, -0.1) is 0 Å². The van der Waals surface area contributed by atoms with Crippen molar-refractivity contribution in [2.45, 2.75) is 46.0 Å². The first-order valence-corrected chi connectivity index (χ1v) is 7.64. The molecule has 2 aromatic heterocycles. The minimum atomic E-state index is -4.47. The van der Waals surface area contributed by atoms with Crippen LogP contribution in [0.2, 0.25) is 0 Å². The maximum Gasteiger partial charge on any atom is 0.435 e. The van der Waals surface area contributed by atoms with E-state index in [0.29, 0.717) is 18.8 Å². The second kappa shape index (κ2) is 7.50. The first-order chi connectivity index (χ1) is 11.3. The van der Waals surface area contributed by atoms with Crippen molar-refractivity contribution in [3.05, 3.63) is 35.4 Å². The summed E-state index contributed by atoms with van der Waals surface area (Å²) in [6.07, 6.45) is -1.94. The Morgan fingerprint density at radius 2 is 1.96 bits per heavy atom. The number of nitrogens with zero attached hydrogens (tertiary/aromatic N) is 4. The van der Waals surface area contributed by atoms with Gasteiger partial charge in [0.1, 0.15) is 0 Å². The Bertz CT molecular complexity index is 690. The molecule has 0 spiro atoms. The Morgan fingerprint density at radius 3 is 2.54 bits per heavy atom. The van der Waals surface area contributed by atoms with Crippen molar-refractivity contribution in [3.8, 4) is 0 Å². The van der Waals surface area contributed by atoms with Crippen LogP contribution < -0.4 is 5.32 Å². The average Bonchev–Trinajstić information content (AvgIpc) is 3.07. The smallest absolute Gasteiger partial charge is 0.356 e. The van der Waals surface area contributed by atoms with Gasteiger partial charge in [0.25, 0.3) is 0 Å². The van der Waals surface area contributed by atoms with Crippen LogP contribution in [0.25, 0.3) is 0 Å². The third-order valence-corrected chi connectivity index (χ3v) is 3.62. The number of hydrogen-bond donors (Lipinski definition) is 1. The molecule has 0 aliphatic carbocycles. The number of aryl methyl sites for hydroxylation is 4. The molecule has 132 valence electrons. The summed E-state index contributed by atoms with van der Waals surface area (Å²) in [5.41, 5.74) is 0.496.